The Balaban J connectivity index is 2.12. The second-order valence-electron chi connectivity index (χ2n) is 3.95. The fraction of sp³-hybridized carbons (Fsp3) is 0.0714. The third-order valence-corrected chi connectivity index (χ3v) is 2.84. The Morgan fingerprint density at radius 1 is 1.00 bits per heavy atom. The number of hydrogen-bond acceptors (Lipinski definition) is 2. The largest absolute Gasteiger partial charge is 0.399 e. The normalized spacial score (nSPS) is 13.4. The summed E-state index contributed by atoms with van der Waals surface area (Å²) in [4.78, 5) is 4.58. The summed E-state index contributed by atoms with van der Waals surface area (Å²) in [5, 5.41) is 0. The monoisotopic (exact) mass is 208 g/mol. The van der Waals surface area contributed by atoms with Gasteiger partial charge in [0.2, 0.25) is 0 Å². The zero-order valence-corrected chi connectivity index (χ0v) is 8.85. The maximum Gasteiger partial charge on any atom is 0.0727 e. The molecule has 1 aliphatic rings. The number of nitrogens with two attached hydrogens (primary N) is 1. The Bertz CT molecular complexity index is 556. The molecule has 2 aromatic rings. The van der Waals surface area contributed by atoms with Crippen LogP contribution in [0.1, 0.15) is 16.7 Å². The molecule has 0 atom stereocenters. The van der Waals surface area contributed by atoms with Crippen LogP contribution < -0.4 is 5.73 Å². The molecule has 16 heavy (non-hydrogen) atoms. The van der Waals surface area contributed by atoms with Crippen LogP contribution in [0.25, 0.3) is 0 Å². The van der Waals surface area contributed by atoms with Crippen LogP contribution in [0.2, 0.25) is 0 Å². The van der Waals surface area contributed by atoms with Gasteiger partial charge in [0.15, 0.2) is 0 Å². The standard InChI is InChI=1S/C14H12N2/c15-12-7-6-11-9-16-14(13(11)8-12)10-4-2-1-3-5-10/h1-8H,9,15H2. The zero-order valence-electron chi connectivity index (χ0n) is 8.85. The number of rotatable bonds is 1. The van der Waals surface area contributed by atoms with Gasteiger partial charge in [0.05, 0.1) is 12.3 Å². The smallest absolute Gasteiger partial charge is 0.0727 e. The summed E-state index contributed by atoms with van der Waals surface area (Å²) in [7, 11) is 0. The minimum absolute atomic E-state index is 0.764. The van der Waals surface area contributed by atoms with Gasteiger partial charge in [0.25, 0.3) is 0 Å². The van der Waals surface area contributed by atoms with E-state index >= 15 is 0 Å². The van der Waals surface area contributed by atoms with E-state index < -0.39 is 0 Å². The van der Waals surface area contributed by atoms with Crippen molar-refractivity contribution in [1.82, 2.24) is 0 Å². The van der Waals surface area contributed by atoms with E-state index in [0.29, 0.717) is 0 Å². The first kappa shape index (κ1) is 9.16. The average molecular weight is 208 g/mol. The Morgan fingerprint density at radius 2 is 1.81 bits per heavy atom. The molecule has 0 saturated heterocycles. The van der Waals surface area contributed by atoms with Gasteiger partial charge >= 0.3 is 0 Å². The predicted octanol–water partition coefficient (Wildman–Crippen LogP) is 2.62. The van der Waals surface area contributed by atoms with Crippen LogP contribution in [-0.2, 0) is 6.54 Å². The second-order valence-corrected chi connectivity index (χ2v) is 3.95. The van der Waals surface area contributed by atoms with Crippen molar-refractivity contribution in [3.05, 3.63) is 65.2 Å². The highest BCUT2D eigenvalue weighted by atomic mass is 14.8. The molecule has 0 bridgehead atoms. The molecule has 0 aromatic heterocycles. The van der Waals surface area contributed by atoms with Crippen molar-refractivity contribution in [3.63, 3.8) is 0 Å². The molecule has 2 heteroatoms. The lowest BCUT2D eigenvalue weighted by atomic mass is 10.00. The van der Waals surface area contributed by atoms with Crippen molar-refractivity contribution < 1.29 is 0 Å². The first-order chi connectivity index (χ1) is 7.84. The molecule has 3 rings (SSSR count). The summed E-state index contributed by atoms with van der Waals surface area (Å²) < 4.78 is 0. The summed E-state index contributed by atoms with van der Waals surface area (Å²) in [6.45, 7) is 0.764. The number of aliphatic imine (C=N–C) groups is 1. The average Bonchev–Trinajstić information content (AvgIpc) is 2.73. The number of benzene rings is 2. The summed E-state index contributed by atoms with van der Waals surface area (Å²) in [6.07, 6.45) is 0. The fourth-order valence-electron chi connectivity index (χ4n) is 2.04. The molecule has 0 spiro atoms. The molecule has 0 radical (unpaired) electrons. The molecule has 2 aromatic carbocycles. The van der Waals surface area contributed by atoms with Gasteiger partial charge in [-0.3, -0.25) is 4.99 Å². The van der Waals surface area contributed by atoms with E-state index in [0.717, 1.165) is 23.5 Å². The lowest BCUT2D eigenvalue weighted by Crippen LogP contribution is -2.01. The van der Waals surface area contributed by atoms with Gasteiger partial charge in [0, 0.05) is 16.8 Å². The Hall–Kier alpha value is -2.09. The maximum atomic E-state index is 5.82. The molecule has 0 saturated carbocycles. The molecule has 0 amide bonds. The van der Waals surface area contributed by atoms with Crippen LogP contribution in [0.15, 0.2) is 53.5 Å². The number of anilines is 1. The van der Waals surface area contributed by atoms with Crippen LogP contribution in [0, 0.1) is 0 Å². The number of nitrogen functional groups attached to an aromatic ring is 1. The summed E-state index contributed by atoms with van der Waals surface area (Å²) in [5.74, 6) is 0. The quantitative estimate of drug-likeness (QED) is 0.719. The molecule has 0 unspecified atom stereocenters. The molecule has 1 heterocycles. The van der Waals surface area contributed by atoms with Crippen molar-refractivity contribution in [2.45, 2.75) is 6.54 Å². The molecular formula is C14H12N2. The molecular weight excluding hydrogens is 196 g/mol. The maximum absolute atomic E-state index is 5.82. The van der Waals surface area contributed by atoms with Gasteiger partial charge in [-0.2, -0.15) is 0 Å². The SMILES string of the molecule is Nc1ccc2c(c1)C(c1ccccc1)=NC2. The van der Waals surface area contributed by atoms with E-state index in [1.165, 1.54) is 11.1 Å². The van der Waals surface area contributed by atoms with Crippen LogP contribution >= 0.6 is 0 Å². The third kappa shape index (κ3) is 1.39. The molecule has 1 aliphatic heterocycles. The van der Waals surface area contributed by atoms with E-state index in [1.54, 1.807) is 0 Å². The Morgan fingerprint density at radius 3 is 2.62 bits per heavy atom. The van der Waals surface area contributed by atoms with Gasteiger partial charge in [-0.1, -0.05) is 36.4 Å². The zero-order chi connectivity index (χ0) is 11.0. The van der Waals surface area contributed by atoms with Gasteiger partial charge in [0.1, 0.15) is 0 Å². The molecule has 0 aliphatic carbocycles. The van der Waals surface area contributed by atoms with Crippen LogP contribution in [0.3, 0.4) is 0 Å². The molecule has 2 nitrogen and oxygen atoms in total. The lowest BCUT2D eigenvalue weighted by molar-refractivity contribution is 1.11. The summed E-state index contributed by atoms with van der Waals surface area (Å²) in [6, 6.07) is 16.2. The predicted molar refractivity (Wildman–Crippen MR) is 66.6 cm³/mol. The Labute approximate surface area is 94.4 Å². The van der Waals surface area contributed by atoms with Gasteiger partial charge in [-0.15, -0.1) is 0 Å². The summed E-state index contributed by atoms with van der Waals surface area (Å²) in [5.41, 5.74) is 11.3. The first-order valence-corrected chi connectivity index (χ1v) is 5.33. The lowest BCUT2D eigenvalue weighted by Gasteiger charge is -2.04. The van der Waals surface area contributed by atoms with Crippen molar-refractivity contribution >= 4 is 11.4 Å². The Kier molecular flexibility index (Phi) is 2.00. The molecule has 78 valence electrons. The molecule has 0 fully saturated rings. The fourth-order valence-corrected chi connectivity index (χ4v) is 2.04. The highest BCUT2D eigenvalue weighted by Crippen LogP contribution is 2.24. The van der Waals surface area contributed by atoms with Gasteiger partial charge in [-0.25, -0.2) is 0 Å². The minimum Gasteiger partial charge on any atom is -0.399 e. The minimum atomic E-state index is 0.764. The van der Waals surface area contributed by atoms with Crippen LogP contribution in [-0.4, -0.2) is 5.71 Å². The highest BCUT2D eigenvalue weighted by molar-refractivity contribution is 6.15. The summed E-state index contributed by atoms with van der Waals surface area (Å²) >= 11 is 0. The van der Waals surface area contributed by atoms with E-state index in [1.807, 2.05) is 30.3 Å². The van der Waals surface area contributed by atoms with Gasteiger partial charge in [-0.05, 0) is 17.7 Å². The van der Waals surface area contributed by atoms with Crippen molar-refractivity contribution in [3.8, 4) is 0 Å². The first-order valence-electron chi connectivity index (χ1n) is 5.33. The van der Waals surface area contributed by atoms with Crippen LogP contribution in [0.4, 0.5) is 5.69 Å². The third-order valence-electron chi connectivity index (χ3n) is 2.84. The van der Waals surface area contributed by atoms with E-state index in [9.17, 15) is 0 Å². The van der Waals surface area contributed by atoms with E-state index in [-0.39, 0.29) is 0 Å². The van der Waals surface area contributed by atoms with Crippen molar-refractivity contribution in [2.75, 3.05) is 5.73 Å². The number of fused-ring (bicyclic) bond motifs is 1. The second kappa shape index (κ2) is 3.49. The van der Waals surface area contributed by atoms with E-state index in [2.05, 4.69) is 23.2 Å². The number of nitrogens with zero attached hydrogens (tertiary/aromatic N) is 1. The number of hydrogen-bond donors (Lipinski definition) is 1. The molecule has 2 N–H and O–H groups in total. The van der Waals surface area contributed by atoms with Crippen LogP contribution in [0.5, 0.6) is 0 Å². The van der Waals surface area contributed by atoms with Crippen molar-refractivity contribution in [1.29, 1.82) is 0 Å². The topological polar surface area (TPSA) is 38.4 Å². The van der Waals surface area contributed by atoms with Crippen molar-refractivity contribution in [2.24, 2.45) is 4.99 Å². The van der Waals surface area contributed by atoms with Gasteiger partial charge < -0.3 is 5.73 Å². The highest BCUT2D eigenvalue weighted by Gasteiger charge is 2.16. The van der Waals surface area contributed by atoms with E-state index in [4.69, 9.17) is 5.73 Å².